The van der Waals surface area contributed by atoms with Crippen LogP contribution in [-0.4, -0.2) is 31.0 Å². The van der Waals surface area contributed by atoms with E-state index in [0.29, 0.717) is 13.2 Å². The highest BCUT2D eigenvalue weighted by molar-refractivity contribution is 5.95. The molecule has 1 N–H and O–H groups in total. The lowest BCUT2D eigenvalue weighted by molar-refractivity contribution is 0.186. The second kappa shape index (κ2) is 7.90. The number of hydrogen-bond acceptors (Lipinski definition) is 4. The summed E-state index contributed by atoms with van der Waals surface area (Å²) < 4.78 is 5.55. The molecule has 0 unspecified atom stereocenters. The number of ether oxygens (including phenoxy) is 1. The van der Waals surface area contributed by atoms with Gasteiger partial charge in [-0.25, -0.2) is 4.98 Å². The van der Waals surface area contributed by atoms with Gasteiger partial charge < -0.3 is 10.1 Å². The minimum absolute atomic E-state index is 0.583. The van der Waals surface area contributed by atoms with E-state index in [0.717, 1.165) is 46.5 Å². The molecule has 0 saturated carbocycles. The summed E-state index contributed by atoms with van der Waals surface area (Å²) in [5.41, 5.74) is 4.13. The SMILES string of the molecule is CCCC(COCC)=Nc1c(NC)nc2ccccc2c1C. The van der Waals surface area contributed by atoms with Gasteiger partial charge in [0.1, 0.15) is 5.69 Å². The maximum atomic E-state index is 5.55. The highest BCUT2D eigenvalue weighted by Crippen LogP contribution is 2.33. The van der Waals surface area contributed by atoms with Crippen LogP contribution in [0.5, 0.6) is 0 Å². The van der Waals surface area contributed by atoms with E-state index in [1.165, 1.54) is 0 Å². The monoisotopic (exact) mass is 299 g/mol. The van der Waals surface area contributed by atoms with Crippen molar-refractivity contribution in [1.82, 2.24) is 4.98 Å². The third kappa shape index (κ3) is 3.63. The normalized spacial score (nSPS) is 11.9. The number of pyridine rings is 1. The molecule has 0 spiro atoms. The number of benzene rings is 1. The van der Waals surface area contributed by atoms with E-state index in [2.05, 4.69) is 30.2 Å². The Labute approximate surface area is 132 Å². The number of rotatable bonds is 7. The topological polar surface area (TPSA) is 46.5 Å². The van der Waals surface area contributed by atoms with E-state index in [4.69, 9.17) is 9.73 Å². The van der Waals surface area contributed by atoms with Crippen molar-refractivity contribution >= 4 is 28.1 Å². The standard InChI is InChI=1S/C18H25N3O/c1-5-9-14(12-22-6-2)20-17-13(3)15-10-7-8-11-16(15)21-18(17)19-4/h7-8,10-11H,5-6,9,12H2,1-4H3,(H,19,21). The van der Waals surface area contributed by atoms with E-state index in [-0.39, 0.29) is 0 Å². The van der Waals surface area contributed by atoms with Crippen LogP contribution < -0.4 is 5.32 Å². The average Bonchev–Trinajstić information content (AvgIpc) is 2.55. The van der Waals surface area contributed by atoms with Crippen molar-refractivity contribution in [3.05, 3.63) is 29.8 Å². The fourth-order valence-electron chi connectivity index (χ4n) is 2.50. The van der Waals surface area contributed by atoms with Gasteiger partial charge in [-0.2, -0.15) is 0 Å². The Kier molecular flexibility index (Phi) is 5.90. The second-order valence-corrected chi connectivity index (χ2v) is 5.27. The van der Waals surface area contributed by atoms with E-state index >= 15 is 0 Å². The second-order valence-electron chi connectivity index (χ2n) is 5.27. The highest BCUT2D eigenvalue weighted by atomic mass is 16.5. The Morgan fingerprint density at radius 3 is 2.73 bits per heavy atom. The summed E-state index contributed by atoms with van der Waals surface area (Å²) in [7, 11) is 1.89. The van der Waals surface area contributed by atoms with Gasteiger partial charge in [0.25, 0.3) is 0 Å². The summed E-state index contributed by atoms with van der Waals surface area (Å²) in [4.78, 5) is 9.56. The van der Waals surface area contributed by atoms with Gasteiger partial charge in [0.15, 0.2) is 5.82 Å². The predicted octanol–water partition coefficient (Wildman–Crippen LogP) is 4.49. The first-order valence-electron chi connectivity index (χ1n) is 7.92. The number of aromatic nitrogens is 1. The van der Waals surface area contributed by atoms with Gasteiger partial charge in [0.2, 0.25) is 0 Å². The van der Waals surface area contributed by atoms with Crippen LogP contribution in [0.15, 0.2) is 29.3 Å². The smallest absolute Gasteiger partial charge is 0.152 e. The number of nitrogens with one attached hydrogen (secondary N) is 1. The zero-order valence-electron chi connectivity index (χ0n) is 13.9. The van der Waals surface area contributed by atoms with Crippen molar-refractivity contribution in [2.24, 2.45) is 4.99 Å². The first kappa shape index (κ1) is 16.4. The van der Waals surface area contributed by atoms with Crippen LogP contribution in [0.25, 0.3) is 10.9 Å². The van der Waals surface area contributed by atoms with E-state index in [1.807, 2.05) is 32.2 Å². The van der Waals surface area contributed by atoms with Crippen molar-refractivity contribution in [3.63, 3.8) is 0 Å². The molecule has 1 aromatic heterocycles. The third-order valence-corrected chi connectivity index (χ3v) is 3.64. The van der Waals surface area contributed by atoms with Gasteiger partial charge >= 0.3 is 0 Å². The van der Waals surface area contributed by atoms with Crippen molar-refractivity contribution < 1.29 is 4.74 Å². The molecule has 0 aliphatic heterocycles. The number of anilines is 1. The molecule has 1 aromatic carbocycles. The molecule has 0 bridgehead atoms. The molecule has 2 rings (SSSR count). The maximum Gasteiger partial charge on any atom is 0.152 e. The van der Waals surface area contributed by atoms with Gasteiger partial charge in [-0.3, -0.25) is 4.99 Å². The molecule has 118 valence electrons. The zero-order valence-corrected chi connectivity index (χ0v) is 13.9. The summed E-state index contributed by atoms with van der Waals surface area (Å²) in [6, 6.07) is 8.17. The lowest BCUT2D eigenvalue weighted by Crippen LogP contribution is -2.09. The molecule has 0 fully saturated rings. The average molecular weight is 299 g/mol. The number of nitrogens with zero attached hydrogens (tertiary/aromatic N) is 2. The highest BCUT2D eigenvalue weighted by Gasteiger charge is 2.11. The van der Waals surface area contributed by atoms with Gasteiger partial charge in [0, 0.05) is 24.8 Å². The molecule has 0 aliphatic rings. The van der Waals surface area contributed by atoms with E-state index in [9.17, 15) is 0 Å². The Hall–Kier alpha value is -1.94. The van der Waals surface area contributed by atoms with Crippen LogP contribution in [0, 0.1) is 6.92 Å². The van der Waals surface area contributed by atoms with Crippen molar-refractivity contribution in [3.8, 4) is 0 Å². The Morgan fingerprint density at radius 1 is 1.27 bits per heavy atom. The van der Waals surface area contributed by atoms with Crippen LogP contribution in [0.2, 0.25) is 0 Å². The molecular weight excluding hydrogens is 274 g/mol. The molecule has 0 aliphatic carbocycles. The van der Waals surface area contributed by atoms with Crippen LogP contribution in [0.4, 0.5) is 11.5 Å². The van der Waals surface area contributed by atoms with Gasteiger partial charge in [0.05, 0.1) is 12.1 Å². The summed E-state index contributed by atoms with van der Waals surface area (Å²) in [5, 5.41) is 4.32. The molecule has 0 amide bonds. The first-order chi connectivity index (χ1) is 10.7. The molecular formula is C18H25N3O. The number of hydrogen-bond donors (Lipinski definition) is 1. The fourth-order valence-corrected chi connectivity index (χ4v) is 2.50. The molecule has 4 heteroatoms. The quantitative estimate of drug-likeness (QED) is 0.766. The Balaban J connectivity index is 2.53. The van der Waals surface area contributed by atoms with Gasteiger partial charge in [-0.05, 0) is 31.9 Å². The minimum atomic E-state index is 0.583. The number of fused-ring (bicyclic) bond motifs is 1. The largest absolute Gasteiger partial charge is 0.376 e. The van der Waals surface area contributed by atoms with Crippen LogP contribution >= 0.6 is 0 Å². The number of aryl methyl sites for hydroxylation is 1. The lowest BCUT2D eigenvalue weighted by Gasteiger charge is -2.13. The molecule has 2 aromatic rings. The first-order valence-corrected chi connectivity index (χ1v) is 7.92. The van der Waals surface area contributed by atoms with Crippen molar-refractivity contribution in [1.29, 1.82) is 0 Å². The van der Waals surface area contributed by atoms with Crippen LogP contribution in [-0.2, 0) is 4.74 Å². The van der Waals surface area contributed by atoms with Crippen molar-refractivity contribution in [2.75, 3.05) is 25.6 Å². The molecule has 0 atom stereocenters. The summed E-state index contributed by atoms with van der Waals surface area (Å²) in [5.74, 6) is 0.821. The van der Waals surface area contributed by atoms with Crippen LogP contribution in [0.1, 0.15) is 32.3 Å². The van der Waals surface area contributed by atoms with Crippen LogP contribution in [0.3, 0.4) is 0 Å². The fraction of sp³-hybridized carbons (Fsp3) is 0.444. The molecule has 1 heterocycles. The molecule has 0 radical (unpaired) electrons. The summed E-state index contributed by atoms with van der Waals surface area (Å²) in [6.45, 7) is 7.56. The van der Waals surface area contributed by atoms with Gasteiger partial charge in [-0.1, -0.05) is 31.5 Å². The maximum absolute atomic E-state index is 5.55. The van der Waals surface area contributed by atoms with E-state index < -0.39 is 0 Å². The van der Waals surface area contributed by atoms with Gasteiger partial charge in [-0.15, -0.1) is 0 Å². The molecule has 0 saturated heterocycles. The zero-order chi connectivity index (χ0) is 15.9. The lowest BCUT2D eigenvalue weighted by atomic mass is 10.1. The summed E-state index contributed by atoms with van der Waals surface area (Å²) >= 11 is 0. The number of para-hydroxylation sites is 1. The molecule has 22 heavy (non-hydrogen) atoms. The van der Waals surface area contributed by atoms with Crippen molar-refractivity contribution in [2.45, 2.75) is 33.6 Å². The van der Waals surface area contributed by atoms with E-state index in [1.54, 1.807) is 0 Å². The summed E-state index contributed by atoms with van der Waals surface area (Å²) in [6.07, 6.45) is 2.00. The Morgan fingerprint density at radius 2 is 2.05 bits per heavy atom. The minimum Gasteiger partial charge on any atom is -0.376 e. The predicted molar refractivity (Wildman–Crippen MR) is 94.5 cm³/mol. The number of aliphatic imine (C=N–C) groups is 1. The Bertz CT molecular complexity index is 665. The molecule has 4 nitrogen and oxygen atoms in total. The third-order valence-electron chi connectivity index (χ3n) is 3.64.